The van der Waals surface area contributed by atoms with Crippen LogP contribution in [0.5, 0.6) is 0 Å². The third-order valence-corrected chi connectivity index (χ3v) is 2.94. The second-order valence-corrected chi connectivity index (χ2v) is 4.32. The maximum absolute atomic E-state index is 6.27. The Morgan fingerprint density at radius 1 is 1.12 bits per heavy atom. The van der Waals surface area contributed by atoms with Gasteiger partial charge in [-0.1, -0.05) is 24.3 Å². The summed E-state index contributed by atoms with van der Waals surface area (Å²) in [6.07, 6.45) is 1.75. The maximum atomic E-state index is 6.27. The minimum absolute atomic E-state index is 0.219. The Labute approximate surface area is 101 Å². The number of pyridine rings is 1. The Bertz CT molecular complexity index is 535. The highest BCUT2D eigenvalue weighted by molar-refractivity contribution is 5.48. The van der Waals surface area contributed by atoms with Crippen molar-refractivity contribution < 1.29 is 0 Å². The van der Waals surface area contributed by atoms with Gasteiger partial charge in [-0.05, 0) is 36.6 Å². The number of aryl methyl sites for hydroxylation is 2. The number of aromatic nitrogens is 1. The molecule has 1 heterocycles. The van der Waals surface area contributed by atoms with Crippen molar-refractivity contribution in [3.05, 3.63) is 58.8 Å². The fourth-order valence-electron chi connectivity index (χ4n) is 1.95. The van der Waals surface area contributed by atoms with Gasteiger partial charge in [0.2, 0.25) is 0 Å². The molecule has 0 radical (unpaired) electrons. The van der Waals surface area contributed by atoms with Crippen LogP contribution in [0, 0.1) is 13.8 Å². The van der Waals surface area contributed by atoms with Crippen LogP contribution in [0.15, 0.2) is 36.5 Å². The Morgan fingerprint density at radius 2 is 1.82 bits per heavy atom. The smallest absolute Gasteiger partial charge is 0.128 e. The Balaban J connectivity index is 2.47. The van der Waals surface area contributed by atoms with Crippen LogP contribution in [0.4, 0.5) is 5.82 Å². The van der Waals surface area contributed by atoms with Gasteiger partial charge in [0.15, 0.2) is 0 Å². The topological polar surface area (TPSA) is 64.9 Å². The van der Waals surface area contributed by atoms with Gasteiger partial charge < -0.3 is 11.5 Å². The van der Waals surface area contributed by atoms with Gasteiger partial charge in [-0.15, -0.1) is 0 Å². The number of hydrogen-bond acceptors (Lipinski definition) is 3. The van der Waals surface area contributed by atoms with E-state index in [-0.39, 0.29) is 6.04 Å². The molecule has 0 saturated carbocycles. The van der Waals surface area contributed by atoms with Crippen molar-refractivity contribution in [2.75, 3.05) is 5.73 Å². The van der Waals surface area contributed by atoms with Crippen LogP contribution in [0.1, 0.15) is 28.3 Å². The quantitative estimate of drug-likeness (QED) is 0.827. The van der Waals surface area contributed by atoms with Crippen LogP contribution in [-0.4, -0.2) is 4.98 Å². The van der Waals surface area contributed by atoms with Gasteiger partial charge in [0.05, 0.1) is 6.04 Å². The minimum atomic E-state index is -0.219. The van der Waals surface area contributed by atoms with Crippen LogP contribution < -0.4 is 11.5 Å². The average molecular weight is 227 g/mol. The number of anilines is 1. The largest absolute Gasteiger partial charge is 0.383 e. The molecule has 1 aromatic carbocycles. The molecule has 0 saturated heterocycles. The first kappa shape index (κ1) is 11.6. The molecular formula is C14H17N3. The van der Waals surface area contributed by atoms with Gasteiger partial charge in [-0.3, -0.25) is 0 Å². The Hall–Kier alpha value is -1.87. The lowest BCUT2D eigenvalue weighted by Crippen LogP contribution is -2.16. The van der Waals surface area contributed by atoms with Gasteiger partial charge >= 0.3 is 0 Å². The highest BCUT2D eigenvalue weighted by atomic mass is 14.8. The van der Waals surface area contributed by atoms with Crippen LogP contribution in [0.3, 0.4) is 0 Å². The molecule has 0 aliphatic carbocycles. The fraction of sp³-hybridized carbons (Fsp3) is 0.214. The molecule has 0 amide bonds. The first-order valence-electron chi connectivity index (χ1n) is 5.62. The molecule has 3 heteroatoms. The first-order chi connectivity index (χ1) is 8.09. The summed E-state index contributed by atoms with van der Waals surface area (Å²) in [6, 6.07) is 9.85. The lowest BCUT2D eigenvalue weighted by atomic mass is 9.95. The van der Waals surface area contributed by atoms with Crippen molar-refractivity contribution in [2.45, 2.75) is 19.9 Å². The number of nitrogen functional groups attached to an aromatic ring is 1. The lowest BCUT2D eigenvalue weighted by Gasteiger charge is -2.16. The Kier molecular flexibility index (Phi) is 3.11. The van der Waals surface area contributed by atoms with Gasteiger partial charge in [0.1, 0.15) is 5.82 Å². The van der Waals surface area contributed by atoms with Gasteiger partial charge in [-0.2, -0.15) is 0 Å². The van der Waals surface area contributed by atoms with Crippen molar-refractivity contribution in [2.24, 2.45) is 5.73 Å². The van der Waals surface area contributed by atoms with E-state index in [0.717, 1.165) is 16.7 Å². The predicted molar refractivity (Wildman–Crippen MR) is 70.6 cm³/mol. The third kappa shape index (κ3) is 2.29. The first-order valence-corrected chi connectivity index (χ1v) is 5.62. The zero-order valence-electron chi connectivity index (χ0n) is 10.1. The number of nitrogens with two attached hydrogens (primary N) is 2. The third-order valence-electron chi connectivity index (χ3n) is 2.94. The second-order valence-electron chi connectivity index (χ2n) is 4.32. The molecule has 2 aromatic rings. The summed E-state index contributed by atoms with van der Waals surface area (Å²) in [5, 5.41) is 0. The normalized spacial score (nSPS) is 12.4. The Morgan fingerprint density at radius 3 is 2.53 bits per heavy atom. The molecule has 17 heavy (non-hydrogen) atoms. The zero-order chi connectivity index (χ0) is 12.4. The summed E-state index contributed by atoms with van der Waals surface area (Å²) in [5.74, 6) is 0.506. The fourth-order valence-corrected chi connectivity index (χ4v) is 1.95. The summed E-state index contributed by atoms with van der Waals surface area (Å²) in [5.41, 5.74) is 16.4. The van der Waals surface area contributed by atoms with E-state index in [4.69, 9.17) is 11.5 Å². The van der Waals surface area contributed by atoms with E-state index in [1.807, 2.05) is 31.2 Å². The summed E-state index contributed by atoms with van der Waals surface area (Å²) in [6.45, 7) is 4.04. The molecule has 1 atom stereocenters. The van der Waals surface area contributed by atoms with Crippen molar-refractivity contribution in [3.8, 4) is 0 Å². The van der Waals surface area contributed by atoms with Crippen molar-refractivity contribution in [3.63, 3.8) is 0 Å². The molecule has 3 nitrogen and oxygen atoms in total. The van der Waals surface area contributed by atoms with E-state index in [1.54, 1.807) is 6.20 Å². The number of rotatable bonds is 2. The molecule has 88 valence electrons. The highest BCUT2D eigenvalue weighted by Gasteiger charge is 2.14. The van der Waals surface area contributed by atoms with Crippen LogP contribution >= 0.6 is 0 Å². The van der Waals surface area contributed by atoms with Crippen molar-refractivity contribution in [1.82, 2.24) is 4.98 Å². The molecule has 0 spiro atoms. The minimum Gasteiger partial charge on any atom is -0.383 e. The molecule has 0 aliphatic rings. The predicted octanol–water partition coefficient (Wildman–Crippen LogP) is 2.33. The van der Waals surface area contributed by atoms with Gasteiger partial charge in [0, 0.05) is 11.8 Å². The molecule has 2 rings (SSSR count). The van der Waals surface area contributed by atoms with Gasteiger partial charge in [0.25, 0.3) is 0 Å². The summed E-state index contributed by atoms with van der Waals surface area (Å²) < 4.78 is 0. The van der Waals surface area contributed by atoms with Crippen molar-refractivity contribution in [1.29, 1.82) is 0 Å². The monoisotopic (exact) mass is 227 g/mol. The molecule has 0 fully saturated rings. The van der Waals surface area contributed by atoms with E-state index in [2.05, 4.69) is 18.0 Å². The molecule has 1 unspecified atom stereocenters. The molecule has 0 bridgehead atoms. The number of benzene rings is 1. The summed E-state index contributed by atoms with van der Waals surface area (Å²) >= 11 is 0. The molecule has 0 aliphatic heterocycles. The summed E-state index contributed by atoms with van der Waals surface area (Å²) in [4.78, 5) is 4.15. The summed E-state index contributed by atoms with van der Waals surface area (Å²) in [7, 11) is 0. The number of hydrogen-bond donors (Lipinski definition) is 2. The highest BCUT2D eigenvalue weighted by Crippen LogP contribution is 2.26. The van der Waals surface area contributed by atoms with E-state index in [9.17, 15) is 0 Å². The van der Waals surface area contributed by atoms with E-state index in [1.165, 1.54) is 5.56 Å². The van der Waals surface area contributed by atoms with Crippen molar-refractivity contribution >= 4 is 5.82 Å². The van der Waals surface area contributed by atoms with E-state index < -0.39 is 0 Å². The standard InChI is InChI=1S/C14H17N3/c1-9-7-12(14(16)17-8-9)13(15)11-6-4-3-5-10(11)2/h3-8,13H,15H2,1-2H3,(H2,16,17). The van der Waals surface area contributed by atoms with Crippen LogP contribution in [0.2, 0.25) is 0 Å². The van der Waals surface area contributed by atoms with E-state index in [0.29, 0.717) is 5.82 Å². The molecule has 4 N–H and O–H groups in total. The SMILES string of the molecule is Cc1cnc(N)c(C(N)c2ccccc2C)c1. The van der Waals surface area contributed by atoms with Crippen LogP contribution in [0.25, 0.3) is 0 Å². The van der Waals surface area contributed by atoms with Crippen LogP contribution in [-0.2, 0) is 0 Å². The van der Waals surface area contributed by atoms with Gasteiger partial charge in [-0.25, -0.2) is 4.98 Å². The molecular weight excluding hydrogens is 210 g/mol. The maximum Gasteiger partial charge on any atom is 0.128 e. The second kappa shape index (κ2) is 4.55. The zero-order valence-corrected chi connectivity index (χ0v) is 10.1. The molecule has 1 aromatic heterocycles. The number of nitrogens with zero attached hydrogens (tertiary/aromatic N) is 1. The lowest BCUT2D eigenvalue weighted by molar-refractivity contribution is 0.856. The average Bonchev–Trinajstić information content (AvgIpc) is 2.32. The van der Waals surface area contributed by atoms with E-state index >= 15 is 0 Å².